The van der Waals surface area contributed by atoms with Crippen molar-refractivity contribution in [1.82, 2.24) is 9.88 Å². The average molecular weight is 442 g/mol. The molecule has 0 aliphatic carbocycles. The van der Waals surface area contributed by atoms with E-state index in [1.54, 1.807) is 0 Å². The van der Waals surface area contributed by atoms with Crippen LogP contribution < -0.4 is 5.32 Å². The van der Waals surface area contributed by atoms with Crippen LogP contribution in [0.2, 0.25) is 0 Å². The van der Waals surface area contributed by atoms with Crippen LogP contribution in [0.25, 0.3) is 11.3 Å². The van der Waals surface area contributed by atoms with Crippen LogP contribution in [0.5, 0.6) is 0 Å². The molecule has 0 amide bonds. The van der Waals surface area contributed by atoms with Gasteiger partial charge >= 0.3 is 0 Å². The molecule has 1 aromatic heterocycles. The fraction of sp³-hybridized carbons (Fsp3) is 0.433. The van der Waals surface area contributed by atoms with Crippen LogP contribution in [0.4, 0.5) is 5.69 Å². The Labute approximate surface area is 200 Å². The summed E-state index contributed by atoms with van der Waals surface area (Å²) in [7, 11) is 0. The first-order valence-corrected chi connectivity index (χ1v) is 12.6. The quantitative estimate of drug-likeness (QED) is 0.404. The maximum absolute atomic E-state index is 4.67. The third-order valence-electron chi connectivity index (χ3n) is 7.18. The first-order valence-electron chi connectivity index (χ1n) is 12.6. The molecule has 0 radical (unpaired) electrons. The van der Waals surface area contributed by atoms with Crippen LogP contribution in [0.1, 0.15) is 60.4 Å². The summed E-state index contributed by atoms with van der Waals surface area (Å²) in [6, 6.07) is 18.6. The van der Waals surface area contributed by atoms with Gasteiger partial charge in [0.05, 0.1) is 5.69 Å². The standard InChI is InChI=1S/C30H39N3/c1-5-6-7-25-8-10-28(11-9-25)32-29-13-16-33(17-14-29)21-26-12-15-31-30(20-26)27-18-22(2)24(4)23(3)19-27/h8-12,15,18-20,29,32H,5-7,13-14,16-17,21H2,1-4H3. The number of rotatable bonds is 8. The molecule has 1 aliphatic rings. The van der Waals surface area contributed by atoms with E-state index < -0.39 is 0 Å². The minimum atomic E-state index is 0.564. The molecule has 0 bridgehead atoms. The molecule has 0 unspecified atom stereocenters. The molecule has 1 aliphatic heterocycles. The molecule has 0 spiro atoms. The zero-order chi connectivity index (χ0) is 23.2. The molecule has 2 aromatic carbocycles. The van der Waals surface area contributed by atoms with Crippen LogP contribution >= 0.6 is 0 Å². The Morgan fingerprint density at radius 2 is 1.61 bits per heavy atom. The molecule has 2 heterocycles. The highest BCUT2D eigenvalue weighted by Crippen LogP contribution is 2.25. The lowest BCUT2D eigenvalue weighted by atomic mass is 9.98. The molecule has 3 nitrogen and oxygen atoms in total. The van der Waals surface area contributed by atoms with Crippen molar-refractivity contribution in [2.24, 2.45) is 0 Å². The second kappa shape index (κ2) is 11.0. The zero-order valence-corrected chi connectivity index (χ0v) is 20.8. The third kappa shape index (κ3) is 6.23. The maximum Gasteiger partial charge on any atom is 0.0705 e. The van der Waals surface area contributed by atoms with Crippen molar-refractivity contribution in [2.45, 2.75) is 72.4 Å². The number of benzene rings is 2. The molecule has 3 heteroatoms. The smallest absolute Gasteiger partial charge is 0.0705 e. The van der Waals surface area contributed by atoms with Gasteiger partial charge in [-0.25, -0.2) is 0 Å². The van der Waals surface area contributed by atoms with Gasteiger partial charge in [-0.05, 0) is 111 Å². The van der Waals surface area contributed by atoms with Gasteiger partial charge in [0, 0.05) is 43.1 Å². The van der Waals surface area contributed by atoms with Gasteiger partial charge in [-0.2, -0.15) is 0 Å². The Morgan fingerprint density at radius 1 is 0.909 bits per heavy atom. The van der Waals surface area contributed by atoms with Crippen molar-refractivity contribution in [3.63, 3.8) is 0 Å². The number of nitrogens with one attached hydrogen (secondary N) is 1. The molecule has 0 atom stereocenters. The SMILES string of the molecule is CCCCc1ccc(NC2CCN(Cc3ccnc(-c4cc(C)c(C)c(C)c4)c3)CC2)cc1. The molecular weight excluding hydrogens is 402 g/mol. The Morgan fingerprint density at radius 3 is 2.27 bits per heavy atom. The van der Waals surface area contributed by atoms with Crippen LogP contribution in [0.15, 0.2) is 54.7 Å². The predicted octanol–water partition coefficient (Wildman–Crippen LogP) is 7.09. The molecule has 174 valence electrons. The van der Waals surface area contributed by atoms with E-state index in [4.69, 9.17) is 0 Å². The van der Waals surface area contributed by atoms with E-state index in [2.05, 4.69) is 91.4 Å². The van der Waals surface area contributed by atoms with Crippen molar-refractivity contribution < 1.29 is 0 Å². The van der Waals surface area contributed by atoms with Crippen LogP contribution in [-0.2, 0) is 13.0 Å². The molecule has 1 fully saturated rings. The highest BCUT2D eigenvalue weighted by molar-refractivity contribution is 5.63. The Kier molecular flexibility index (Phi) is 7.82. The van der Waals surface area contributed by atoms with Gasteiger partial charge in [0.15, 0.2) is 0 Å². The van der Waals surface area contributed by atoms with Crippen LogP contribution in [0, 0.1) is 20.8 Å². The molecular formula is C30H39N3. The van der Waals surface area contributed by atoms with Crippen molar-refractivity contribution >= 4 is 5.69 Å². The van der Waals surface area contributed by atoms with E-state index in [1.807, 2.05) is 6.20 Å². The summed E-state index contributed by atoms with van der Waals surface area (Å²) in [6.45, 7) is 12.1. The summed E-state index contributed by atoms with van der Waals surface area (Å²) in [5, 5.41) is 3.76. The Balaban J connectivity index is 1.31. The Bertz CT molecular complexity index is 1020. The summed E-state index contributed by atoms with van der Waals surface area (Å²) >= 11 is 0. The minimum Gasteiger partial charge on any atom is -0.382 e. The number of unbranched alkanes of at least 4 members (excludes halogenated alkanes) is 1. The van der Waals surface area contributed by atoms with E-state index in [-0.39, 0.29) is 0 Å². The average Bonchev–Trinajstić information content (AvgIpc) is 2.83. The van der Waals surface area contributed by atoms with Gasteiger partial charge < -0.3 is 5.32 Å². The van der Waals surface area contributed by atoms with Gasteiger partial charge in [0.1, 0.15) is 0 Å². The molecule has 1 saturated heterocycles. The van der Waals surface area contributed by atoms with E-state index in [1.165, 1.54) is 71.2 Å². The highest BCUT2D eigenvalue weighted by Gasteiger charge is 2.19. The number of anilines is 1. The number of nitrogens with zero attached hydrogens (tertiary/aromatic N) is 2. The normalized spacial score (nSPS) is 15.0. The molecule has 3 aromatic rings. The molecule has 33 heavy (non-hydrogen) atoms. The second-order valence-electron chi connectivity index (χ2n) is 9.78. The summed E-state index contributed by atoms with van der Waals surface area (Å²) < 4.78 is 0. The lowest BCUT2D eigenvalue weighted by Crippen LogP contribution is -2.38. The van der Waals surface area contributed by atoms with Gasteiger partial charge in [0.2, 0.25) is 0 Å². The number of piperidine rings is 1. The zero-order valence-electron chi connectivity index (χ0n) is 20.8. The second-order valence-corrected chi connectivity index (χ2v) is 9.78. The van der Waals surface area contributed by atoms with Crippen molar-refractivity contribution in [3.05, 3.63) is 82.5 Å². The van der Waals surface area contributed by atoms with E-state index in [0.29, 0.717) is 6.04 Å². The number of aryl methyl sites for hydroxylation is 3. The predicted molar refractivity (Wildman–Crippen MR) is 141 cm³/mol. The van der Waals surface area contributed by atoms with Gasteiger partial charge in [-0.3, -0.25) is 9.88 Å². The van der Waals surface area contributed by atoms with Gasteiger partial charge in [-0.15, -0.1) is 0 Å². The highest BCUT2D eigenvalue weighted by atomic mass is 15.1. The van der Waals surface area contributed by atoms with Crippen LogP contribution in [-0.4, -0.2) is 29.0 Å². The van der Waals surface area contributed by atoms with Gasteiger partial charge in [0.25, 0.3) is 0 Å². The fourth-order valence-corrected chi connectivity index (χ4v) is 4.79. The third-order valence-corrected chi connectivity index (χ3v) is 7.18. The van der Waals surface area contributed by atoms with Gasteiger partial charge in [-0.1, -0.05) is 25.5 Å². The largest absolute Gasteiger partial charge is 0.382 e. The maximum atomic E-state index is 4.67. The topological polar surface area (TPSA) is 28.2 Å². The molecule has 1 N–H and O–H groups in total. The lowest BCUT2D eigenvalue weighted by molar-refractivity contribution is 0.211. The van der Waals surface area contributed by atoms with Crippen LogP contribution in [0.3, 0.4) is 0 Å². The minimum absolute atomic E-state index is 0.564. The Hall–Kier alpha value is -2.65. The van der Waals surface area contributed by atoms with E-state index in [0.717, 1.165) is 25.3 Å². The van der Waals surface area contributed by atoms with Crippen molar-refractivity contribution in [3.8, 4) is 11.3 Å². The number of likely N-dealkylation sites (tertiary alicyclic amines) is 1. The summed E-state index contributed by atoms with van der Waals surface area (Å²) in [5.74, 6) is 0. The first kappa shape index (κ1) is 23.5. The van der Waals surface area contributed by atoms with Crippen molar-refractivity contribution in [1.29, 1.82) is 0 Å². The number of aromatic nitrogens is 1. The summed E-state index contributed by atoms with van der Waals surface area (Å²) in [5.41, 5.74) is 10.4. The van der Waals surface area contributed by atoms with E-state index >= 15 is 0 Å². The molecule has 0 saturated carbocycles. The summed E-state index contributed by atoms with van der Waals surface area (Å²) in [6.07, 6.45) is 8.06. The summed E-state index contributed by atoms with van der Waals surface area (Å²) in [4.78, 5) is 7.25. The molecule has 4 rings (SSSR count). The first-order chi connectivity index (χ1) is 16.0. The van der Waals surface area contributed by atoms with Crippen molar-refractivity contribution in [2.75, 3.05) is 18.4 Å². The fourth-order valence-electron chi connectivity index (χ4n) is 4.79. The lowest BCUT2D eigenvalue weighted by Gasteiger charge is -2.33. The monoisotopic (exact) mass is 441 g/mol. The number of hydrogen-bond donors (Lipinski definition) is 1. The van der Waals surface area contributed by atoms with E-state index in [9.17, 15) is 0 Å². The number of hydrogen-bond acceptors (Lipinski definition) is 3. The number of pyridine rings is 1.